The van der Waals surface area contributed by atoms with E-state index in [2.05, 4.69) is 24.1 Å². The van der Waals surface area contributed by atoms with Gasteiger partial charge in [-0.1, -0.05) is 44.2 Å². The highest BCUT2D eigenvalue weighted by molar-refractivity contribution is 6.39. The van der Waals surface area contributed by atoms with Crippen molar-refractivity contribution >= 4 is 23.4 Å². The molecule has 2 heterocycles. The van der Waals surface area contributed by atoms with E-state index in [-0.39, 0.29) is 22.5 Å². The van der Waals surface area contributed by atoms with Gasteiger partial charge in [-0.15, -0.1) is 0 Å². The smallest absolute Gasteiger partial charge is 0.313 e. The third-order valence-corrected chi connectivity index (χ3v) is 5.87. The zero-order chi connectivity index (χ0) is 22.8. The molecule has 0 saturated carbocycles. The fraction of sp³-hybridized carbons (Fsp3) is 0.391. The van der Waals surface area contributed by atoms with Crippen LogP contribution >= 0.6 is 0 Å². The first-order valence-electron chi connectivity index (χ1n) is 10.1. The van der Waals surface area contributed by atoms with Crippen LogP contribution in [0, 0.1) is 5.41 Å². The molecule has 3 N–H and O–H groups in total. The molecule has 0 bridgehead atoms. The van der Waals surface area contributed by atoms with Gasteiger partial charge in [0.15, 0.2) is 0 Å². The highest BCUT2D eigenvalue weighted by atomic mass is 16.5. The van der Waals surface area contributed by atoms with Gasteiger partial charge in [0.1, 0.15) is 5.56 Å². The molecule has 8 heteroatoms. The number of carbonyl (C=O) groups is 3. The number of carbonyl (C=O) groups excluding carboxylic acids is 3. The van der Waals surface area contributed by atoms with E-state index >= 15 is 0 Å². The van der Waals surface area contributed by atoms with Gasteiger partial charge in [0, 0.05) is 6.54 Å². The van der Waals surface area contributed by atoms with Gasteiger partial charge in [-0.25, -0.2) is 4.98 Å². The van der Waals surface area contributed by atoms with Crippen LogP contribution in [0.3, 0.4) is 0 Å². The molecule has 1 atom stereocenters. The second kappa shape index (κ2) is 8.37. The number of nitrogens with zero attached hydrogens (tertiary/aromatic N) is 2. The lowest BCUT2D eigenvalue weighted by molar-refractivity contribution is -0.152. The van der Waals surface area contributed by atoms with Crippen LogP contribution in [0.1, 0.15) is 49.5 Å². The minimum absolute atomic E-state index is 0.0148. The molecule has 1 aromatic heterocycles. The molecule has 1 saturated heterocycles. The van der Waals surface area contributed by atoms with Crippen LogP contribution in [0.15, 0.2) is 42.6 Å². The Morgan fingerprint density at radius 1 is 1.13 bits per heavy atom. The quantitative estimate of drug-likeness (QED) is 0.733. The first-order chi connectivity index (χ1) is 14.6. The summed E-state index contributed by atoms with van der Waals surface area (Å²) >= 11 is 0. The lowest BCUT2D eigenvalue weighted by Gasteiger charge is -2.50. The lowest BCUT2D eigenvalue weighted by Crippen LogP contribution is -2.57. The van der Waals surface area contributed by atoms with Gasteiger partial charge in [-0.2, -0.15) is 0 Å². The summed E-state index contributed by atoms with van der Waals surface area (Å²) in [5, 5.41) is 2.55. The molecular formula is C23H28N4O4. The normalized spacial score (nSPS) is 20.1. The molecular weight excluding hydrogens is 396 g/mol. The predicted molar refractivity (Wildman–Crippen MR) is 116 cm³/mol. The molecule has 1 aliphatic heterocycles. The number of methoxy groups -OCH3 is 1. The van der Waals surface area contributed by atoms with Crippen LogP contribution in [-0.4, -0.2) is 41.3 Å². The number of benzene rings is 1. The van der Waals surface area contributed by atoms with Crippen molar-refractivity contribution in [2.45, 2.75) is 39.2 Å². The number of hydrogen-bond donors (Lipinski definition) is 2. The number of aromatic nitrogens is 1. The molecule has 3 amide bonds. The Morgan fingerprint density at radius 3 is 2.42 bits per heavy atom. The molecule has 2 aromatic rings. The predicted octanol–water partition coefficient (Wildman–Crippen LogP) is 2.69. The van der Waals surface area contributed by atoms with Crippen LogP contribution in [0.5, 0.6) is 5.88 Å². The average molecular weight is 425 g/mol. The standard InChI is InChI=1S/C23H28N4O4/c1-22(2)10-11-23(3,15-8-6-5-7-9-15)27(14-22)21(30)19(29)26-16-12-17(18(24)28)20(31-4)25-13-16/h5-9,12-13H,10-11,14H2,1-4H3,(H2,24,28)(H,26,29)/t23-/m0/s1. The number of amides is 3. The number of piperidine rings is 1. The average Bonchev–Trinajstić information content (AvgIpc) is 2.75. The summed E-state index contributed by atoms with van der Waals surface area (Å²) in [6, 6.07) is 11.1. The third kappa shape index (κ3) is 4.52. The summed E-state index contributed by atoms with van der Waals surface area (Å²) in [5.41, 5.74) is 5.80. The van der Waals surface area contributed by atoms with Crippen molar-refractivity contribution in [3.8, 4) is 5.88 Å². The minimum Gasteiger partial charge on any atom is -0.480 e. The largest absolute Gasteiger partial charge is 0.480 e. The van der Waals surface area contributed by atoms with Gasteiger partial charge in [-0.05, 0) is 36.8 Å². The molecule has 1 aliphatic rings. The van der Waals surface area contributed by atoms with E-state index in [1.54, 1.807) is 4.90 Å². The number of hydrogen-bond acceptors (Lipinski definition) is 5. The van der Waals surface area contributed by atoms with E-state index < -0.39 is 23.3 Å². The first kappa shape index (κ1) is 22.3. The highest BCUT2D eigenvalue weighted by Crippen LogP contribution is 2.43. The Kier molecular flexibility index (Phi) is 6.01. The molecule has 0 unspecified atom stereocenters. The molecule has 31 heavy (non-hydrogen) atoms. The molecule has 3 rings (SSSR count). The van der Waals surface area contributed by atoms with Gasteiger partial charge in [0.05, 0.1) is 24.5 Å². The van der Waals surface area contributed by atoms with Crippen molar-refractivity contribution in [3.05, 3.63) is 53.7 Å². The third-order valence-electron chi connectivity index (χ3n) is 5.87. The number of ether oxygens (including phenoxy) is 1. The van der Waals surface area contributed by atoms with Gasteiger partial charge >= 0.3 is 11.8 Å². The van der Waals surface area contributed by atoms with Crippen molar-refractivity contribution in [1.82, 2.24) is 9.88 Å². The maximum atomic E-state index is 13.3. The Balaban J connectivity index is 1.89. The van der Waals surface area contributed by atoms with Crippen LogP contribution in [0.2, 0.25) is 0 Å². The number of likely N-dealkylation sites (tertiary alicyclic amines) is 1. The molecule has 1 aromatic carbocycles. The SMILES string of the molecule is COc1ncc(NC(=O)C(=O)N2CC(C)(C)CC[C@@]2(C)c2ccccc2)cc1C(N)=O. The van der Waals surface area contributed by atoms with E-state index in [0.29, 0.717) is 6.54 Å². The van der Waals surface area contributed by atoms with Gasteiger partial charge in [0.2, 0.25) is 5.88 Å². The summed E-state index contributed by atoms with van der Waals surface area (Å²) in [6.45, 7) is 6.60. The second-order valence-corrected chi connectivity index (χ2v) is 8.79. The van der Waals surface area contributed by atoms with Gasteiger partial charge in [0.25, 0.3) is 5.91 Å². The molecule has 0 spiro atoms. The summed E-state index contributed by atoms with van der Waals surface area (Å²) in [6.07, 6.45) is 2.97. The lowest BCUT2D eigenvalue weighted by atomic mass is 9.73. The zero-order valence-corrected chi connectivity index (χ0v) is 18.3. The van der Waals surface area contributed by atoms with Crippen molar-refractivity contribution < 1.29 is 19.1 Å². The Morgan fingerprint density at radius 2 is 1.81 bits per heavy atom. The summed E-state index contributed by atoms with van der Waals surface area (Å²) in [4.78, 5) is 43.5. The Hall–Kier alpha value is -3.42. The van der Waals surface area contributed by atoms with Crippen LogP contribution in [0.4, 0.5) is 5.69 Å². The van der Waals surface area contributed by atoms with Crippen LogP contribution in [-0.2, 0) is 15.1 Å². The van der Waals surface area contributed by atoms with Crippen LogP contribution < -0.4 is 15.8 Å². The van der Waals surface area contributed by atoms with E-state index in [1.165, 1.54) is 19.4 Å². The number of nitrogens with two attached hydrogens (primary N) is 1. The van der Waals surface area contributed by atoms with Crippen molar-refractivity contribution in [3.63, 3.8) is 0 Å². The second-order valence-electron chi connectivity index (χ2n) is 8.79. The molecule has 1 fully saturated rings. The van der Waals surface area contributed by atoms with E-state index in [1.807, 2.05) is 37.3 Å². The fourth-order valence-electron chi connectivity index (χ4n) is 3.96. The Labute approximate surface area is 181 Å². The molecule has 8 nitrogen and oxygen atoms in total. The van der Waals surface area contributed by atoms with E-state index in [9.17, 15) is 14.4 Å². The van der Waals surface area contributed by atoms with E-state index in [0.717, 1.165) is 18.4 Å². The number of nitrogens with one attached hydrogen (secondary N) is 1. The van der Waals surface area contributed by atoms with Crippen molar-refractivity contribution in [1.29, 1.82) is 0 Å². The summed E-state index contributed by atoms with van der Waals surface area (Å²) in [5.74, 6) is -2.15. The maximum absolute atomic E-state index is 13.3. The van der Waals surface area contributed by atoms with Crippen LogP contribution in [0.25, 0.3) is 0 Å². The zero-order valence-electron chi connectivity index (χ0n) is 18.3. The first-order valence-corrected chi connectivity index (χ1v) is 10.1. The Bertz CT molecular complexity index is 1010. The number of rotatable bonds is 4. The summed E-state index contributed by atoms with van der Waals surface area (Å²) < 4.78 is 5.01. The number of pyridine rings is 1. The summed E-state index contributed by atoms with van der Waals surface area (Å²) in [7, 11) is 1.36. The van der Waals surface area contributed by atoms with Gasteiger partial charge < -0.3 is 20.7 Å². The van der Waals surface area contributed by atoms with Crippen molar-refractivity contribution in [2.75, 3.05) is 19.0 Å². The number of primary amides is 1. The van der Waals surface area contributed by atoms with E-state index in [4.69, 9.17) is 10.5 Å². The minimum atomic E-state index is -0.803. The monoisotopic (exact) mass is 424 g/mol. The number of anilines is 1. The fourth-order valence-corrected chi connectivity index (χ4v) is 3.96. The topological polar surface area (TPSA) is 115 Å². The highest BCUT2D eigenvalue weighted by Gasteiger charge is 2.46. The molecule has 0 aliphatic carbocycles. The van der Waals surface area contributed by atoms with Crippen molar-refractivity contribution in [2.24, 2.45) is 11.1 Å². The maximum Gasteiger partial charge on any atom is 0.313 e. The molecule has 0 radical (unpaired) electrons. The van der Waals surface area contributed by atoms with Gasteiger partial charge in [-0.3, -0.25) is 14.4 Å². The molecule has 164 valence electrons.